The van der Waals surface area contributed by atoms with Crippen molar-refractivity contribution >= 4 is 5.90 Å². The van der Waals surface area contributed by atoms with Crippen LogP contribution >= 0.6 is 0 Å². The first kappa shape index (κ1) is 12.5. The Morgan fingerprint density at radius 2 is 1.69 bits per heavy atom. The molecule has 0 atom stereocenters. The molecule has 0 aliphatic carbocycles. The third-order valence-corrected chi connectivity index (χ3v) is 2.14. The summed E-state index contributed by atoms with van der Waals surface area (Å²) in [6.07, 6.45) is 7.94. The smallest absolute Gasteiger partial charge is 0.179 e. The molecular weight excluding hydrogens is 162 g/mol. The Bertz CT molecular complexity index is 132. The molecule has 0 aliphatic heterocycles. The van der Waals surface area contributed by atoms with E-state index in [-0.39, 0.29) is 0 Å². The number of unbranched alkanes of at least 4 members (excludes halogenated alkanes) is 5. The van der Waals surface area contributed by atoms with Gasteiger partial charge < -0.3 is 4.74 Å². The van der Waals surface area contributed by atoms with Crippen LogP contribution in [0.2, 0.25) is 0 Å². The van der Waals surface area contributed by atoms with E-state index in [2.05, 4.69) is 11.9 Å². The third-order valence-electron chi connectivity index (χ3n) is 2.14. The maximum absolute atomic E-state index is 4.95. The predicted molar refractivity (Wildman–Crippen MR) is 58.4 cm³/mol. The zero-order chi connectivity index (χ0) is 9.94. The number of rotatable bonds is 7. The lowest BCUT2D eigenvalue weighted by Gasteiger charge is -1.99. The van der Waals surface area contributed by atoms with Crippen LogP contribution in [0.15, 0.2) is 4.99 Å². The van der Waals surface area contributed by atoms with Crippen molar-refractivity contribution in [1.29, 1.82) is 0 Å². The summed E-state index contributed by atoms with van der Waals surface area (Å²) in [6, 6.07) is 0. The van der Waals surface area contributed by atoms with E-state index >= 15 is 0 Å². The zero-order valence-electron chi connectivity index (χ0n) is 9.31. The summed E-state index contributed by atoms with van der Waals surface area (Å²) in [5, 5.41) is 0. The van der Waals surface area contributed by atoms with E-state index in [4.69, 9.17) is 4.74 Å². The van der Waals surface area contributed by atoms with E-state index in [9.17, 15) is 0 Å². The topological polar surface area (TPSA) is 21.6 Å². The molecule has 0 saturated heterocycles. The molecule has 0 bridgehead atoms. The highest BCUT2D eigenvalue weighted by Gasteiger charge is 1.89. The Morgan fingerprint density at radius 1 is 1.08 bits per heavy atom. The minimum Gasteiger partial charge on any atom is -0.484 e. The van der Waals surface area contributed by atoms with Gasteiger partial charge in [0.1, 0.15) is 0 Å². The van der Waals surface area contributed by atoms with Crippen molar-refractivity contribution in [3.05, 3.63) is 0 Å². The van der Waals surface area contributed by atoms with Crippen molar-refractivity contribution in [2.24, 2.45) is 4.99 Å². The maximum Gasteiger partial charge on any atom is 0.179 e. The molecule has 0 heterocycles. The monoisotopic (exact) mass is 185 g/mol. The largest absolute Gasteiger partial charge is 0.484 e. The zero-order valence-corrected chi connectivity index (χ0v) is 9.31. The summed E-state index contributed by atoms with van der Waals surface area (Å²) in [4.78, 5) is 4.25. The van der Waals surface area contributed by atoms with Gasteiger partial charge in [0.15, 0.2) is 5.90 Å². The molecule has 0 aromatic heterocycles. The summed E-state index contributed by atoms with van der Waals surface area (Å²) < 4.78 is 4.95. The lowest BCUT2D eigenvalue weighted by molar-refractivity contribution is 0.397. The molecule has 0 fully saturated rings. The van der Waals surface area contributed by atoms with E-state index in [1.165, 1.54) is 38.5 Å². The Hall–Kier alpha value is -0.530. The first-order valence-corrected chi connectivity index (χ1v) is 5.36. The second-order valence-corrected chi connectivity index (χ2v) is 3.37. The van der Waals surface area contributed by atoms with Crippen LogP contribution in [0.1, 0.15) is 52.4 Å². The quantitative estimate of drug-likeness (QED) is 0.338. The number of hydrogen-bond acceptors (Lipinski definition) is 2. The normalized spacial score (nSPS) is 11.8. The number of methoxy groups -OCH3 is 1. The van der Waals surface area contributed by atoms with E-state index in [1.54, 1.807) is 7.11 Å². The number of ether oxygens (including phenoxy) is 1. The van der Waals surface area contributed by atoms with Gasteiger partial charge in [-0.2, -0.15) is 0 Å². The van der Waals surface area contributed by atoms with Crippen molar-refractivity contribution in [2.45, 2.75) is 52.4 Å². The fraction of sp³-hybridized carbons (Fsp3) is 0.909. The second kappa shape index (κ2) is 9.56. The molecule has 2 heteroatoms. The molecule has 2 nitrogen and oxygen atoms in total. The van der Waals surface area contributed by atoms with Crippen LogP contribution in [-0.4, -0.2) is 19.6 Å². The average Bonchev–Trinajstić information content (AvgIpc) is 2.16. The predicted octanol–water partition coefficient (Wildman–Crippen LogP) is 3.41. The third kappa shape index (κ3) is 9.38. The molecule has 78 valence electrons. The molecule has 0 N–H and O–H groups in total. The molecule has 0 rings (SSSR count). The van der Waals surface area contributed by atoms with Crippen LogP contribution in [0.4, 0.5) is 0 Å². The number of nitrogens with zero attached hydrogens (tertiary/aromatic N) is 1. The van der Waals surface area contributed by atoms with Gasteiger partial charge in [-0.25, -0.2) is 0 Å². The van der Waals surface area contributed by atoms with Gasteiger partial charge in [0.05, 0.1) is 7.11 Å². The number of hydrogen-bond donors (Lipinski definition) is 0. The summed E-state index contributed by atoms with van der Waals surface area (Å²) in [6.45, 7) is 5.06. The first-order chi connectivity index (χ1) is 6.31. The van der Waals surface area contributed by atoms with Crippen LogP contribution < -0.4 is 0 Å². The molecule has 0 aliphatic rings. The highest BCUT2D eigenvalue weighted by molar-refractivity contribution is 5.72. The van der Waals surface area contributed by atoms with E-state index < -0.39 is 0 Å². The van der Waals surface area contributed by atoms with Crippen molar-refractivity contribution < 1.29 is 4.74 Å². The Labute approximate surface area is 82.4 Å². The molecule has 0 aromatic rings. The minimum atomic E-state index is 0.800. The lowest BCUT2D eigenvalue weighted by Crippen LogP contribution is -1.95. The second-order valence-electron chi connectivity index (χ2n) is 3.37. The van der Waals surface area contributed by atoms with Gasteiger partial charge >= 0.3 is 0 Å². The highest BCUT2D eigenvalue weighted by atomic mass is 16.5. The standard InChI is InChI=1S/C11H23NO/c1-4-5-6-7-8-9-10-12-11(2)13-3/h4-10H2,1-3H3. The Kier molecular flexibility index (Phi) is 9.17. The van der Waals surface area contributed by atoms with Crippen LogP contribution in [0.5, 0.6) is 0 Å². The van der Waals surface area contributed by atoms with Gasteiger partial charge in [0, 0.05) is 13.5 Å². The molecule has 0 radical (unpaired) electrons. The van der Waals surface area contributed by atoms with E-state index in [0.717, 1.165) is 12.4 Å². The minimum absolute atomic E-state index is 0.800. The molecule has 0 spiro atoms. The van der Waals surface area contributed by atoms with Crippen LogP contribution in [0.3, 0.4) is 0 Å². The summed E-state index contributed by atoms with van der Waals surface area (Å²) in [5.41, 5.74) is 0. The van der Waals surface area contributed by atoms with Gasteiger partial charge in [-0.1, -0.05) is 39.0 Å². The van der Waals surface area contributed by atoms with Gasteiger partial charge in [-0.15, -0.1) is 0 Å². The molecule has 0 unspecified atom stereocenters. The lowest BCUT2D eigenvalue weighted by atomic mass is 10.1. The summed E-state index contributed by atoms with van der Waals surface area (Å²) in [5.74, 6) is 0.800. The van der Waals surface area contributed by atoms with E-state index in [1.807, 2.05) is 6.92 Å². The molecule has 0 saturated carbocycles. The Morgan fingerprint density at radius 3 is 2.31 bits per heavy atom. The van der Waals surface area contributed by atoms with Gasteiger partial charge in [-0.05, 0) is 6.42 Å². The molecule has 0 aromatic carbocycles. The van der Waals surface area contributed by atoms with Crippen molar-refractivity contribution in [2.75, 3.05) is 13.7 Å². The maximum atomic E-state index is 4.95. The molecule has 0 amide bonds. The fourth-order valence-corrected chi connectivity index (χ4v) is 1.19. The SMILES string of the molecule is CCCCCCCCN=C(C)OC. The summed E-state index contributed by atoms with van der Waals surface area (Å²) >= 11 is 0. The van der Waals surface area contributed by atoms with Gasteiger partial charge in [-0.3, -0.25) is 4.99 Å². The van der Waals surface area contributed by atoms with Gasteiger partial charge in [0.25, 0.3) is 0 Å². The number of aliphatic imine (C=N–C) groups is 1. The molecule has 13 heavy (non-hydrogen) atoms. The van der Waals surface area contributed by atoms with E-state index in [0.29, 0.717) is 0 Å². The van der Waals surface area contributed by atoms with Crippen molar-refractivity contribution in [3.8, 4) is 0 Å². The first-order valence-electron chi connectivity index (χ1n) is 5.36. The van der Waals surface area contributed by atoms with Crippen LogP contribution in [-0.2, 0) is 4.74 Å². The van der Waals surface area contributed by atoms with Gasteiger partial charge in [0.2, 0.25) is 0 Å². The fourth-order valence-electron chi connectivity index (χ4n) is 1.19. The van der Waals surface area contributed by atoms with Crippen molar-refractivity contribution in [3.63, 3.8) is 0 Å². The average molecular weight is 185 g/mol. The van der Waals surface area contributed by atoms with Crippen LogP contribution in [0, 0.1) is 0 Å². The Balaban J connectivity index is 3.08. The summed E-state index contributed by atoms with van der Waals surface area (Å²) in [7, 11) is 1.67. The van der Waals surface area contributed by atoms with Crippen LogP contribution in [0.25, 0.3) is 0 Å². The molecular formula is C11H23NO. The highest BCUT2D eigenvalue weighted by Crippen LogP contribution is 2.04. The van der Waals surface area contributed by atoms with Crippen molar-refractivity contribution in [1.82, 2.24) is 0 Å².